The lowest BCUT2D eigenvalue weighted by molar-refractivity contribution is -0.143. The molecule has 8 heteroatoms. The second-order valence-corrected chi connectivity index (χ2v) is 7.16. The molecule has 0 aliphatic carbocycles. The van der Waals surface area contributed by atoms with Crippen LogP contribution in [0.3, 0.4) is 0 Å². The zero-order valence-corrected chi connectivity index (χ0v) is 17.7. The van der Waals surface area contributed by atoms with Gasteiger partial charge < -0.3 is 24.4 Å². The average Bonchev–Trinajstić information content (AvgIpc) is 2.79. The van der Waals surface area contributed by atoms with Crippen molar-refractivity contribution in [3.63, 3.8) is 0 Å². The molecule has 31 heavy (non-hydrogen) atoms. The number of amides is 2. The van der Waals surface area contributed by atoms with Crippen molar-refractivity contribution in [1.29, 1.82) is 0 Å². The van der Waals surface area contributed by atoms with Crippen LogP contribution in [-0.4, -0.2) is 50.1 Å². The Labute approximate surface area is 181 Å². The zero-order valence-electron chi connectivity index (χ0n) is 17.7. The number of esters is 1. The van der Waals surface area contributed by atoms with Gasteiger partial charge in [-0.05, 0) is 48.7 Å². The third kappa shape index (κ3) is 5.97. The third-order valence-corrected chi connectivity index (χ3v) is 4.98. The number of hydrogen-bond acceptors (Lipinski definition) is 6. The van der Waals surface area contributed by atoms with Gasteiger partial charge >= 0.3 is 5.97 Å². The van der Waals surface area contributed by atoms with Crippen molar-refractivity contribution in [3.8, 4) is 11.5 Å². The number of carbonyl (C=O) groups is 3. The highest BCUT2D eigenvalue weighted by atomic mass is 16.6. The topological polar surface area (TPSA) is 94.2 Å². The summed E-state index contributed by atoms with van der Waals surface area (Å²) in [6, 6.07) is 12.1. The van der Waals surface area contributed by atoms with Crippen LogP contribution >= 0.6 is 0 Å². The largest absolute Gasteiger partial charge is 0.493 e. The van der Waals surface area contributed by atoms with Crippen molar-refractivity contribution >= 4 is 23.5 Å². The molecule has 1 N–H and O–H groups in total. The van der Waals surface area contributed by atoms with E-state index in [4.69, 9.17) is 9.47 Å². The molecule has 2 aromatic rings. The third-order valence-electron chi connectivity index (χ3n) is 4.98. The quantitative estimate of drug-likeness (QED) is 0.652. The lowest BCUT2D eigenvalue weighted by Gasteiger charge is -2.26. The van der Waals surface area contributed by atoms with Crippen molar-refractivity contribution in [2.45, 2.75) is 25.8 Å². The molecule has 1 heterocycles. The van der Waals surface area contributed by atoms with Crippen LogP contribution in [0, 0.1) is 0 Å². The molecule has 8 nitrogen and oxygen atoms in total. The van der Waals surface area contributed by atoms with E-state index in [1.165, 1.54) is 20.3 Å². The van der Waals surface area contributed by atoms with E-state index >= 15 is 0 Å². The minimum atomic E-state index is -0.519. The smallest absolute Gasteiger partial charge is 0.343 e. The Hall–Kier alpha value is -3.55. The summed E-state index contributed by atoms with van der Waals surface area (Å²) in [5, 5.41) is 2.86. The fraction of sp³-hybridized carbons (Fsp3) is 0.348. The number of methoxy groups -OCH3 is 2. The Morgan fingerprint density at radius 3 is 2.65 bits per heavy atom. The standard InChI is InChI=1S/C23H26N2O6/c1-29-20-13-17(9-10-19(20)31-15-22(27)30-2)23(28)24-18-7-5-6-16(12-18)14-25-11-4-3-8-21(25)26/h5-7,9-10,12-13H,3-4,8,11,14-15H2,1-2H3,(H,24,28). The number of nitrogens with one attached hydrogen (secondary N) is 1. The second kappa shape index (κ2) is 10.5. The summed E-state index contributed by atoms with van der Waals surface area (Å²) in [6.07, 6.45) is 2.56. The van der Waals surface area contributed by atoms with Gasteiger partial charge in [0.05, 0.1) is 14.2 Å². The van der Waals surface area contributed by atoms with Crippen molar-refractivity contribution < 1.29 is 28.6 Å². The molecule has 0 saturated carbocycles. The van der Waals surface area contributed by atoms with Crippen molar-refractivity contribution in [3.05, 3.63) is 53.6 Å². The summed E-state index contributed by atoms with van der Waals surface area (Å²) in [5.41, 5.74) is 1.97. The highest BCUT2D eigenvalue weighted by Crippen LogP contribution is 2.28. The summed E-state index contributed by atoms with van der Waals surface area (Å²) in [7, 11) is 2.73. The number of piperidine rings is 1. The van der Waals surface area contributed by atoms with E-state index in [9.17, 15) is 14.4 Å². The summed E-state index contributed by atoms with van der Waals surface area (Å²) >= 11 is 0. The van der Waals surface area contributed by atoms with Crippen LogP contribution in [0.2, 0.25) is 0 Å². The fourth-order valence-corrected chi connectivity index (χ4v) is 3.32. The molecule has 1 fully saturated rings. The molecule has 0 spiro atoms. The van der Waals surface area contributed by atoms with Crippen molar-refractivity contribution in [2.24, 2.45) is 0 Å². The maximum absolute atomic E-state index is 12.7. The molecule has 1 aliphatic rings. The van der Waals surface area contributed by atoms with Gasteiger partial charge in [-0.1, -0.05) is 12.1 Å². The number of rotatable bonds is 8. The SMILES string of the molecule is COC(=O)COc1ccc(C(=O)Nc2cccc(CN3CCCCC3=O)c2)cc1OC. The lowest BCUT2D eigenvalue weighted by Crippen LogP contribution is -2.34. The first-order valence-corrected chi connectivity index (χ1v) is 10.1. The van der Waals surface area contributed by atoms with E-state index in [-0.39, 0.29) is 18.4 Å². The molecular weight excluding hydrogens is 400 g/mol. The van der Waals surface area contributed by atoms with Gasteiger partial charge in [-0.25, -0.2) is 4.79 Å². The van der Waals surface area contributed by atoms with Gasteiger partial charge in [-0.15, -0.1) is 0 Å². The van der Waals surface area contributed by atoms with E-state index in [2.05, 4.69) is 10.1 Å². The van der Waals surface area contributed by atoms with Gasteiger partial charge in [0.15, 0.2) is 18.1 Å². The van der Waals surface area contributed by atoms with Crippen LogP contribution in [0.1, 0.15) is 35.2 Å². The molecule has 1 saturated heterocycles. The van der Waals surface area contributed by atoms with E-state index in [1.54, 1.807) is 18.2 Å². The van der Waals surface area contributed by atoms with Gasteiger partial charge in [0.25, 0.3) is 5.91 Å². The molecule has 1 aliphatic heterocycles. The van der Waals surface area contributed by atoms with Gasteiger partial charge in [-0.3, -0.25) is 9.59 Å². The molecule has 0 bridgehead atoms. The van der Waals surface area contributed by atoms with Gasteiger partial charge in [-0.2, -0.15) is 0 Å². The highest BCUT2D eigenvalue weighted by molar-refractivity contribution is 6.04. The van der Waals surface area contributed by atoms with Crippen LogP contribution in [0.5, 0.6) is 11.5 Å². The predicted molar refractivity (Wildman–Crippen MR) is 114 cm³/mol. The Bertz CT molecular complexity index is 959. The van der Waals surface area contributed by atoms with Crippen LogP contribution in [-0.2, 0) is 20.9 Å². The maximum Gasteiger partial charge on any atom is 0.343 e. The number of benzene rings is 2. The number of anilines is 1. The number of nitrogens with zero attached hydrogens (tertiary/aromatic N) is 1. The van der Waals surface area contributed by atoms with Gasteiger partial charge in [0.1, 0.15) is 0 Å². The van der Waals surface area contributed by atoms with E-state index < -0.39 is 5.97 Å². The normalized spacial score (nSPS) is 13.5. The molecule has 0 aromatic heterocycles. The fourth-order valence-electron chi connectivity index (χ4n) is 3.32. The Balaban J connectivity index is 1.66. The molecule has 164 valence electrons. The Kier molecular flexibility index (Phi) is 7.48. The van der Waals surface area contributed by atoms with E-state index in [0.717, 1.165) is 24.9 Å². The highest BCUT2D eigenvalue weighted by Gasteiger charge is 2.18. The minimum absolute atomic E-state index is 0.169. The van der Waals surface area contributed by atoms with Crippen LogP contribution in [0.15, 0.2) is 42.5 Å². The number of hydrogen-bond donors (Lipinski definition) is 1. The molecule has 2 aromatic carbocycles. The van der Waals surface area contributed by atoms with Crippen molar-refractivity contribution in [2.75, 3.05) is 32.7 Å². The molecule has 2 amide bonds. The summed E-state index contributed by atoms with van der Waals surface area (Å²) in [5.74, 6) is -0.00660. The molecular formula is C23H26N2O6. The lowest BCUT2D eigenvalue weighted by atomic mass is 10.1. The zero-order chi connectivity index (χ0) is 22.2. The maximum atomic E-state index is 12.7. The minimum Gasteiger partial charge on any atom is -0.493 e. The van der Waals surface area contributed by atoms with Gasteiger partial charge in [0.2, 0.25) is 5.91 Å². The predicted octanol–water partition coefficient (Wildman–Crippen LogP) is 3.01. The Morgan fingerprint density at radius 2 is 1.90 bits per heavy atom. The molecule has 3 rings (SSSR count). The van der Waals surface area contributed by atoms with Crippen molar-refractivity contribution in [1.82, 2.24) is 4.90 Å². The van der Waals surface area contributed by atoms with Crippen LogP contribution in [0.25, 0.3) is 0 Å². The first-order valence-electron chi connectivity index (χ1n) is 10.1. The monoisotopic (exact) mass is 426 g/mol. The van der Waals surface area contributed by atoms with E-state index in [0.29, 0.717) is 35.7 Å². The molecule has 0 unspecified atom stereocenters. The van der Waals surface area contributed by atoms with Crippen LogP contribution < -0.4 is 14.8 Å². The molecule has 0 atom stereocenters. The second-order valence-electron chi connectivity index (χ2n) is 7.16. The summed E-state index contributed by atoms with van der Waals surface area (Å²) in [4.78, 5) is 37.9. The number of likely N-dealkylation sites (tertiary alicyclic amines) is 1. The van der Waals surface area contributed by atoms with Gasteiger partial charge in [0, 0.05) is 30.8 Å². The van der Waals surface area contributed by atoms with E-state index in [1.807, 2.05) is 23.1 Å². The number of ether oxygens (including phenoxy) is 3. The van der Waals surface area contributed by atoms with Crippen LogP contribution in [0.4, 0.5) is 5.69 Å². The first-order chi connectivity index (χ1) is 15.0. The molecule has 0 radical (unpaired) electrons. The number of carbonyl (C=O) groups excluding carboxylic acids is 3. The first kappa shape index (κ1) is 22.1. The summed E-state index contributed by atoms with van der Waals surface area (Å²) in [6.45, 7) is 1.03. The average molecular weight is 426 g/mol. The Morgan fingerprint density at radius 1 is 1.06 bits per heavy atom. The summed E-state index contributed by atoms with van der Waals surface area (Å²) < 4.78 is 15.2.